The van der Waals surface area contributed by atoms with E-state index < -0.39 is 0 Å². The molecule has 0 spiro atoms. The van der Waals surface area contributed by atoms with Crippen LogP contribution in [0.3, 0.4) is 0 Å². The molecule has 0 radical (unpaired) electrons. The van der Waals surface area contributed by atoms with E-state index in [2.05, 4.69) is 23.6 Å². The lowest BCUT2D eigenvalue weighted by atomic mass is 9.89. The first-order valence-corrected chi connectivity index (χ1v) is 8.80. The molecule has 2 atom stereocenters. The summed E-state index contributed by atoms with van der Waals surface area (Å²) >= 11 is 6.41. The van der Waals surface area contributed by atoms with Crippen molar-refractivity contribution in [3.8, 4) is 0 Å². The number of hydrogen-bond donors (Lipinski definition) is 0. The van der Waals surface area contributed by atoms with Gasteiger partial charge in [-0.05, 0) is 25.2 Å². The fourth-order valence-electron chi connectivity index (χ4n) is 3.36. The highest BCUT2D eigenvalue weighted by Gasteiger charge is 2.31. The average molecular weight is 337 g/mol. The minimum Gasteiger partial charge on any atom is -0.385 e. The SMILES string of the molecule is COCCCn1cc(Cl)c2c1=CC(CN(C=O)C1CC1)C(C)C=2. The van der Waals surface area contributed by atoms with Crippen molar-refractivity contribution in [1.29, 1.82) is 0 Å². The number of amides is 1. The quantitative estimate of drug-likeness (QED) is 0.534. The summed E-state index contributed by atoms with van der Waals surface area (Å²) in [6.07, 6.45) is 10.8. The molecule has 23 heavy (non-hydrogen) atoms. The molecule has 0 aromatic carbocycles. The van der Waals surface area contributed by atoms with Crippen LogP contribution in [-0.2, 0) is 16.1 Å². The standard InChI is InChI=1S/C18H25ClN2O2/c1-13-8-16-17(19)11-20(6-3-7-23-2)18(16)9-14(13)10-21(12-22)15-4-5-15/h8-9,11-15H,3-7,10H2,1-2H3. The van der Waals surface area contributed by atoms with Crippen LogP contribution in [0.25, 0.3) is 12.2 Å². The molecule has 1 aromatic heterocycles. The Morgan fingerprint density at radius 3 is 2.87 bits per heavy atom. The Hall–Kier alpha value is -1.26. The predicted molar refractivity (Wildman–Crippen MR) is 92.6 cm³/mol. The van der Waals surface area contributed by atoms with Gasteiger partial charge in [-0.25, -0.2) is 0 Å². The Bertz CT molecular complexity index is 678. The minimum atomic E-state index is 0.348. The van der Waals surface area contributed by atoms with E-state index in [0.29, 0.717) is 17.9 Å². The summed E-state index contributed by atoms with van der Waals surface area (Å²) < 4.78 is 7.36. The molecule has 126 valence electrons. The van der Waals surface area contributed by atoms with Crippen LogP contribution in [0.1, 0.15) is 26.2 Å². The second kappa shape index (κ2) is 7.10. The number of fused-ring (bicyclic) bond motifs is 1. The number of halogens is 1. The number of aromatic nitrogens is 1. The largest absolute Gasteiger partial charge is 0.385 e. The van der Waals surface area contributed by atoms with Crippen LogP contribution in [0.15, 0.2) is 6.20 Å². The Kier molecular flexibility index (Phi) is 5.12. The fourth-order valence-corrected chi connectivity index (χ4v) is 3.63. The molecular weight excluding hydrogens is 312 g/mol. The molecule has 0 saturated heterocycles. The van der Waals surface area contributed by atoms with Crippen LogP contribution in [0.5, 0.6) is 0 Å². The number of ether oxygens (including phenoxy) is 1. The lowest BCUT2D eigenvalue weighted by molar-refractivity contribution is -0.119. The van der Waals surface area contributed by atoms with Crippen molar-refractivity contribution in [2.24, 2.45) is 11.8 Å². The average Bonchev–Trinajstić information content (AvgIpc) is 3.33. The van der Waals surface area contributed by atoms with Crippen molar-refractivity contribution in [2.45, 2.75) is 38.8 Å². The van der Waals surface area contributed by atoms with Crippen molar-refractivity contribution >= 4 is 30.2 Å². The summed E-state index contributed by atoms with van der Waals surface area (Å²) in [6, 6.07) is 0.464. The van der Waals surface area contributed by atoms with Crippen LogP contribution >= 0.6 is 11.6 Å². The van der Waals surface area contributed by atoms with Gasteiger partial charge in [0.15, 0.2) is 0 Å². The zero-order chi connectivity index (χ0) is 16.4. The smallest absolute Gasteiger partial charge is 0.209 e. The molecule has 5 heteroatoms. The molecule has 0 bridgehead atoms. The van der Waals surface area contributed by atoms with Crippen LogP contribution in [0.4, 0.5) is 0 Å². The number of aryl methyl sites for hydroxylation is 1. The van der Waals surface area contributed by atoms with Crippen molar-refractivity contribution in [3.05, 3.63) is 21.8 Å². The fraction of sp³-hybridized carbons (Fsp3) is 0.611. The van der Waals surface area contributed by atoms with E-state index in [1.807, 2.05) is 11.1 Å². The third kappa shape index (κ3) is 3.64. The highest BCUT2D eigenvalue weighted by atomic mass is 35.5. The summed E-state index contributed by atoms with van der Waals surface area (Å²) in [6.45, 7) is 4.65. The Balaban J connectivity index is 1.84. The van der Waals surface area contributed by atoms with E-state index in [0.717, 1.165) is 55.6 Å². The van der Waals surface area contributed by atoms with E-state index >= 15 is 0 Å². The lowest BCUT2D eigenvalue weighted by Crippen LogP contribution is -2.40. The number of methoxy groups -OCH3 is 1. The van der Waals surface area contributed by atoms with Gasteiger partial charge in [0, 0.05) is 55.5 Å². The van der Waals surface area contributed by atoms with Crippen molar-refractivity contribution in [2.75, 3.05) is 20.3 Å². The zero-order valence-corrected chi connectivity index (χ0v) is 14.6. The highest BCUT2D eigenvalue weighted by Crippen LogP contribution is 2.28. The van der Waals surface area contributed by atoms with E-state index in [1.54, 1.807) is 7.11 Å². The maximum Gasteiger partial charge on any atom is 0.209 e. The van der Waals surface area contributed by atoms with Gasteiger partial charge in [0.1, 0.15) is 0 Å². The molecule has 1 aromatic rings. The number of rotatable bonds is 8. The second-order valence-electron chi connectivity index (χ2n) is 6.71. The predicted octanol–water partition coefficient (Wildman–Crippen LogP) is 1.63. The van der Waals surface area contributed by atoms with E-state index in [9.17, 15) is 4.79 Å². The Morgan fingerprint density at radius 1 is 1.43 bits per heavy atom. The summed E-state index contributed by atoms with van der Waals surface area (Å²) in [7, 11) is 1.72. The van der Waals surface area contributed by atoms with E-state index in [-0.39, 0.29) is 0 Å². The summed E-state index contributed by atoms with van der Waals surface area (Å²) in [5.41, 5.74) is 0. The molecule has 2 unspecified atom stereocenters. The molecule has 3 rings (SSSR count). The van der Waals surface area contributed by atoms with Gasteiger partial charge < -0.3 is 14.2 Å². The first kappa shape index (κ1) is 16.6. The normalized spacial score (nSPS) is 22.9. The molecule has 1 saturated carbocycles. The van der Waals surface area contributed by atoms with Crippen LogP contribution in [-0.4, -0.2) is 42.2 Å². The van der Waals surface area contributed by atoms with Gasteiger partial charge in [0.2, 0.25) is 6.41 Å². The summed E-state index contributed by atoms with van der Waals surface area (Å²) in [4.78, 5) is 13.3. The first-order chi connectivity index (χ1) is 11.1. The Morgan fingerprint density at radius 2 is 2.22 bits per heavy atom. The molecule has 1 amide bonds. The number of carbonyl (C=O) groups is 1. The van der Waals surface area contributed by atoms with E-state index in [4.69, 9.17) is 16.3 Å². The highest BCUT2D eigenvalue weighted by molar-refractivity contribution is 6.30. The molecule has 0 aliphatic heterocycles. The minimum absolute atomic E-state index is 0.348. The van der Waals surface area contributed by atoms with Crippen molar-refractivity contribution < 1.29 is 9.53 Å². The number of hydrogen-bond acceptors (Lipinski definition) is 2. The van der Waals surface area contributed by atoms with Gasteiger partial charge in [0.25, 0.3) is 0 Å². The Labute approximate surface area is 142 Å². The first-order valence-electron chi connectivity index (χ1n) is 8.42. The van der Waals surface area contributed by atoms with Crippen molar-refractivity contribution in [3.63, 3.8) is 0 Å². The zero-order valence-electron chi connectivity index (χ0n) is 13.9. The number of carbonyl (C=O) groups excluding carboxylic acids is 1. The molecule has 2 aliphatic carbocycles. The van der Waals surface area contributed by atoms with E-state index in [1.165, 1.54) is 5.35 Å². The van der Waals surface area contributed by atoms with Crippen LogP contribution < -0.4 is 10.6 Å². The molecule has 1 heterocycles. The van der Waals surface area contributed by atoms with Crippen molar-refractivity contribution in [1.82, 2.24) is 9.47 Å². The maximum absolute atomic E-state index is 11.3. The van der Waals surface area contributed by atoms with Gasteiger partial charge >= 0.3 is 0 Å². The van der Waals surface area contributed by atoms with Crippen LogP contribution in [0.2, 0.25) is 5.02 Å². The molecule has 0 N–H and O–H groups in total. The third-order valence-electron chi connectivity index (χ3n) is 4.91. The molecular formula is C18H25ClN2O2. The van der Waals surface area contributed by atoms with Gasteiger partial charge in [-0.3, -0.25) is 4.79 Å². The topological polar surface area (TPSA) is 34.5 Å². The summed E-state index contributed by atoms with van der Waals surface area (Å²) in [5.74, 6) is 0.733. The third-order valence-corrected chi connectivity index (χ3v) is 5.21. The second-order valence-corrected chi connectivity index (χ2v) is 7.11. The van der Waals surface area contributed by atoms with Gasteiger partial charge in [0.05, 0.1) is 5.02 Å². The molecule has 2 aliphatic rings. The monoisotopic (exact) mass is 336 g/mol. The van der Waals surface area contributed by atoms with Gasteiger partial charge in [-0.15, -0.1) is 0 Å². The van der Waals surface area contributed by atoms with Gasteiger partial charge in [-0.2, -0.15) is 0 Å². The summed E-state index contributed by atoms with van der Waals surface area (Å²) in [5, 5.41) is 3.14. The molecule has 4 nitrogen and oxygen atoms in total. The lowest BCUT2D eigenvalue weighted by Gasteiger charge is -2.26. The van der Waals surface area contributed by atoms with Gasteiger partial charge in [-0.1, -0.05) is 30.7 Å². The number of nitrogens with zero attached hydrogens (tertiary/aromatic N) is 2. The molecule has 1 fully saturated rings. The maximum atomic E-state index is 11.3. The van der Waals surface area contributed by atoms with Crippen LogP contribution in [0, 0.1) is 11.8 Å².